The molecule has 0 rings (SSSR count). The topological polar surface area (TPSA) is 46.2 Å². The molecule has 0 aliphatic carbocycles. The van der Waals surface area contributed by atoms with Crippen LogP contribution in [0.2, 0.25) is 0 Å². The van der Waals surface area contributed by atoms with E-state index >= 15 is 0 Å². The largest absolute Gasteiger partial charge is 0.213 e. The zero-order chi connectivity index (χ0) is 8.91. The third-order valence-corrected chi connectivity index (χ3v) is 1.91. The molecule has 0 spiro atoms. The van der Waals surface area contributed by atoms with Crippen LogP contribution in [0.3, 0.4) is 0 Å². The molecule has 0 amide bonds. The van der Waals surface area contributed by atoms with Gasteiger partial charge in [-0.3, -0.25) is 0 Å². The molecule has 0 aromatic rings. The summed E-state index contributed by atoms with van der Waals surface area (Å²) < 4.78 is 23.2. The molecule has 11 heavy (non-hydrogen) atoms. The second kappa shape index (κ2) is 4.98. The molecule has 0 aromatic heterocycles. The number of rotatable bonds is 4. The lowest BCUT2D eigenvalue weighted by Crippen LogP contribution is -2.23. The molecule has 0 saturated carbocycles. The van der Waals surface area contributed by atoms with Gasteiger partial charge in [-0.15, -0.1) is 11.6 Å². The molecule has 0 bridgehead atoms. The van der Waals surface area contributed by atoms with Gasteiger partial charge >= 0.3 is 0 Å². The summed E-state index contributed by atoms with van der Waals surface area (Å²) in [6, 6.07) is 0. The third kappa shape index (κ3) is 8.13. The number of hydrogen-bond acceptors (Lipinski definition) is 2. The van der Waals surface area contributed by atoms with Gasteiger partial charge in [-0.2, -0.15) is 0 Å². The van der Waals surface area contributed by atoms with E-state index in [4.69, 9.17) is 23.2 Å². The van der Waals surface area contributed by atoms with Crippen molar-refractivity contribution in [3.05, 3.63) is 11.1 Å². The molecule has 0 fully saturated rings. The molecule has 0 heterocycles. The van der Waals surface area contributed by atoms with Crippen molar-refractivity contribution < 1.29 is 8.42 Å². The van der Waals surface area contributed by atoms with E-state index in [2.05, 4.69) is 4.72 Å². The molecule has 0 saturated heterocycles. The maximum atomic E-state index is 10.5. The lowest BCUT2D eigenvalue weighted by Gasteiger charge is -1.98. The summed E-state index contributed by atoms with van der Waals surface area (Å²) in [5, 5.41) is 0.394. The van der Waals surface area contributed by atoms with E-state index in [1.807, 2.05) is 0 Å². The molecule has 0 aliphatic heterocycles. The van der Waals surface area contributed by atoms with Crippen molar-refractivity contribution in [3.63, 3.8) is 0 Å². The summed E-state index contributed by atoms with van der Waals surface area (Å²) in [6.07, 6.45) is 2.60. The van der Waals surface area contributed by atoms with Crippen molar-refractivity contribution >= 4 is 33.2 Å². The Morgan fingerprint density at radius 1 is 1.64 bits per heavy atom. The van der Waals surface area contributed by atoms with Crippen LogP contribution in [0.4, 0.5) is 0 Å². The minimum atomic E-state index is -3.16. The fourth-order valence-electron chi connectivity index (χ4n) is 0.356. The highest BCUT2D eigenvalue weighted by Gasteiger charge is 1.99. The Morgan fingerprint density at radius 3 is 2.55 bits per heavy atom. The average Bonchev–Trinajstić information content (AvgIpc) is 1.83. The maximum Gasteiger partial charge on any atom is 0.209 e. The fraction of sp³-hybridized carbons (Fsp3) is 0.600. The Bertz CT molecular complexity index is 235. The lowest BCUT2D eigenvalue weighted by atomic mass is 10.5. The average molecular weight is 218 g/mol. The van der Waals surface area contributed by atoms with Crippen molar-refractivity contribution in [1.29, 1.82) is 0 Å². The summed E-state index contributed by atoms with van der Waals surface area (Å²) in [5.41, 5.74) is 0. The van der Waals surface area contributed by atoms with Crippen LogP contribution in [0.15, 0.2) is 11.1 Å². The first-order valence-electron chi connectivity index (χ1n) is 2.81. The Kier molecular flexibility index (Phi) is 5.08. The van der Waals surface area contributed by atoms with E-state index < -0.39 is 10.0 Å². The minimum Gasteiger partial charge on any atom is -0.213 e. The van der Waals surface area contributed by atoms with Crippen LogP contribution in [-0.2, 0) is 10.0 Å². The number of sulfonamides is 1. The van der Waals surface area contributed by atoms with Crippen LogP contribution in [0, 0.1) is 0 Å². The van der Waals surface area contributed by atoms with Gasteiger partial charge in [0.15, 0.2) is 0 Å². The summed E-state index contributed by atoms with van der Waals surface area (Å²) in [6.45, 7) is 0.104. The lowest BCUT2D eigenvalue weighted by molar-refractivity contribution is 0.591. The predicted octanol–water partition coefficient (Wildman–Crippen LogP) is 0.897. The highest BCUT2D eigenvalue weighted by atomic mass is 35.5. The Labute approximate surface area is 76.4 Å². The first kappa shape index (κ1) is 11.2. The second-order valence-corrected chi connectivity index (χ2v) is 4.53. The number of alkyl halides is 1. The smallest absolute Gasteiger partial charge is 0.209 e. The van der Waals surface area contributed by atoms with Gasteiger partial charge in [0, 0.05) is 17.5 Å². The summed E-state index contributed by atoms with van der Waals surface area (Å²) in [5.74, 6) is 0.282. The van der Waals surface area contributed by atoms with Crippen LogP contribution in [-0.4, -0.2) is 27.1 Å². The molecule has 6 heteroatoms. The summed E-state index contributed by atoms with van der Waals surface area (Å²) in [7, 11) is -3.16. The van der Waals surface area contributed by atoms with E-state index in [0.717, 1.165) is 6.26 Å². The van der Waals surface area contributed by atoms with Crippen LogP contribution < -0.4 is 4.72 Å². The predicted molar refractivity (Wildman–Crippen MR) is 47.5 cm³/mol. The monoisotopic (exact) mass is 217 g/mol. The fourth-order valence-corrected chi connectivity index (χ4v) is 1.26. The molecule has 66 valence electrons. The zero-order valence-electron chi connectivity index (χ0n) is 5.97. The first-order valence-corrected chi connectivity index (χ1v) is 5.61. The maximum absolute atomic E-state index is 10.5. The van der Waals surface area contributed by atoms with Gasteiger partial charge in [0.25, 0.3) is 0 Å². The molecule has 1 N–H and O–H groups in total. The second-order valence-electron chi connectivity index (χ2n) is 1.90. The van der Waals surface area contributed by atoms with E-state index in [9.17, 15) is 8.42 Å². The van der Waals surface area contributed by atoms with Crippen molar-refractivity contribution in [2.45, 2.75) is 0 Å². The number of hydrogen-bond donors (Lipinski definition) is 1. The molecule has 0 aromatic carbocycles. The third-order valence-electron chi connectivity index (χ3n) is 0.802. The van der Waals surface area contributed by atoms with Gasteiger partial charge in [0.1, 0.15) is 0 Å². The molecule has 0 unspecified atom stereocenters. The van der Waals surface area contributed by atoms with E-state index in [1.54, 1.807) is 0 Å². The van der Waals surface area contributed by atoms with Crippen LogP contribution in [0.1, 0.15) is 0 Å². The van der Waals surface area contributed by atoms with Gasteiger partial charge in [0.2, 0.25) is 10.0 Å². The molecule has 0 radical (unpaired) electrons. The van der Waals surface area contributed by atoms with E-state index in [1.165, 1.54) is 6.08 Å². The Balaban J connectivity index is 3.81. The number of nitrogens with one attached hydrogen (secondary N) is 1. The highest BCUT2D eigenvalue weighted by Crippen LogP contribution is 1.99. The normalized spacial score (nSPS) is 13.5. The number of halogens is 2. The van der Waals surface area contributed by atoms with Crippen LogP contribution in [0.25, 0.3) is 0 Å². The zero-order valence-corrected chi connectivity index (χ0v) is 8.30. The molecular weight excluding hydrogens is 209 g/mol. The van der Waals surface area contributed by atoms with Gasteiger partial charge in [0.05, 0.1) is 6.26 Å². The highest BCUT2D eigenvalue weighted by molar-refractivity contribution is 7.88. The first-order chi connectivity index (χ1) is 4.95. The molecule has 0 atom stereocenters. The van der Waals surface area contributed by atoms with Crippen molar-refractivity contribution in [3.8, 4) is 0 Å². The minimum absolute atomic E-state index is 0.104. The Morgan fingerprint density at radius 2 is 2.18 bits per heavy atom. The van der Waals surface area contributed by atoms with Crippen LogP contribution in [0.5, 0.6) is 0 Å². The number of allylic oxidation sites excluding steroid dienone is 1. The summed E-state index contributed by atoms with van der Waals surface area (Å²) in [4.78, 5) is 0. The SMILES string of the molecule is CS(=O)(=O)NCC(Cl)=CCCl. The quantitative estimate of drug-likeness (QED) is 0.712. The van der Waals surface area contributed by atoms with Gasteiger partial charge in [-0.05, 0) is 0 Å². The van der Waals surface area contributed by atoms with E-state index in [0.29, 0.717) is 5.03 Å². The van der Waals surface area contributed by atoms with Crippen molar-refractivity contribution in [2.24, 2.45) is 0 Å². The van der Waals surface area contributed by atoms with Gasteiger partial charge < -0.3 is 0 Å². The van der Waals surface area contributed by atoms with E-state index in [-0.39, 0.29) is 12.4 Å². The van der Waals surface area contributed by atoms with Crippen molar-refractivity contribution in [2.75, 3.05) is 18.7 Å². The Hall–Kier alpha value is 0.230. The molecule has 3 nitrogen and oxygen atoms in total. The summed E-state index contributed by atoms with van der Waals surface area (Å²) >= 11 is 10.8. The van der Waals surface area contributed by atoms with Crippen molar-refractivity contribution in [1.82, 2.24) is 4.72 Å². The molecular formula is C5H9Cl2NO2S. The van der Waals surface area contributed by atoms with Gasteiger partial charge in [-0.25, -0.2) is 13.1 Å². The van der Waals surface area contributed by atoms with Crippen LogP contribution >= 0.6 is 23.2 Å². The van der Waals surface area contributed by atoms with Gasteiger partial charge in [-0.1, -0.05) is 17.7 Å². The standard InChI is InChI=1S/C5H9Cl2NO2S/c1-11(9,10)8-4-5(7)2-3-6/h2,8H,3-4H2,1H3. The molecule has 0 aliphatic rings.